The fraction of sp³-hybridized carbons (Fsp3) is 0.417. The number of hydrogen-bond donors (Lipinski definition) is 2. The van der Waals surface area contributed by atoms with Crippen LogP contribution in [-0.4, -0.2) is 36.9 Å². The van der Waals surface area contributed by atoms with Crippen molar-refractivity contribution in [2.75, 3.05) is 15.8 Å². The van der Waals surface area contributed by atoms with Gasteiger partial charge in [0, 0.05) is 30.8 Å². The summed E-state index contributed by atoms with van der Waals surface area (Å²) in [7, 11) is -3.37. The number of fused-ring (bicyclic) bond motifs is 1. The van der Waals surface area contributed by atoms with E-state index in [9.17, 15) is 18.0 Å². The molecule has 1 aliphatic heterocycles. The molecule has 7 nitrogen and oxygen atoms in total. The number of benzene rings is 2. The van der Waals surface area contributed by atoms with Gasteiger partial charge in [-0.3, -0.25) is 14.3 Å². The van der Waals surface area contributed by atoms with Crippen LogP contribution in [0.3, 0.4) is 0 Å². The van der Waals surface area contributed by atoms with Crippen LogP contribution >= 0.6 is 0 Å². The van der Waals surface area contributed by atoms with Crippen molar-refractivity contribution in [3.63, 3.8) is 0 Å². The van der Waals surface area contributed by atoms with Crippen molar-refractivity contribution >= 4 is 33.2 Å². The Hall–Kier alpha value is -2.87. The van der Waals surface area contributed by atoms with Crippen LogP contribution in [0, 0.1) is 5.92 Å². The van der Waals surface area contributed by atoms with Crippen LogP contribution in [0.1, 0.15) is 44.7 Å². The number of carbonyl (C=O) groups excluding carboxylic acids is 2. The lowest BCUT2D eigenvalue weighted by Crippen LogP contribution is -2.50. The number of amides is 2. The predicted octanol–water partition coefficient (Wildman–Crippen LogP) is 3.78. The zero-order valence-electron chi connectivity index (χ0n) is 18.8. The van der Waals surface area contributed by atoms with Crippen molar-refractivity contribution in [3.8, 4) is 0 Å². The standard InChI is InChI=1S/C24H31N3O4S/c1-4-13-32(30,31)26-21-11-9-20(10-12-21)25-24(29)22-15-18-7-5-6-8-19(18)16-27(22)23(28)14-17(2)3/h5-12,17,22,26H,4,13-16H2,1-3H3,(H,25,29). The molecule has 0 saturated carbocycles. The Kier molecular flexibility index (Phi) is 7.56. The number of rotatable bonds is 8. The molecule has 1 unspecified atom stereocenters. The van der Waals surface area contributed by atoms with E-state index in [2.05, 4.69) is 10.0 Å². The van der Waals surface area contributed by atoms with Crippen LogP contribution in [0.2, 0.25) is 0 Å². The van der Waals surface area contributed by atoms with Crippen molar-refractivity contribution in [3.05, 3.63) is 59.7 Å². The normalized spacial score (nSPS) is 15.9. The molecule has 0 bridgehead atoms. The summed E-state index contributed by atoms with van der Waals surface area (Å²) in [6, 6.07) is 13.8. The summed E-state index contributed by atoms with van der Waals surface area (Å²) in [5, 5.41) is 2.89. The van der Waals surface area contributed by atoms with Gasteiger partial charge in [-0.25, -0.2) is 8.42 Å². The molecular formula is C24H31N3O4S. The Morgan fingerprint density at radius 1 is 1.03 bits per heavy atom. The maximum Gasteiger partial charge on any atom is 0.247 e. The number of hydrogen-bond acceptors (Lipinski definition) is 4. The molecule has 2 aromatic rings. The number of sulfonamides is 1. The average Bonchev–Trinajstić information content (AvgIpc) is 2.73. The predicted molar refractivity (Wildman–Crippen MR) is 127 cm³/mol. The third-order valence-corrected chi connectivity index (χ3v) is 6.85. The molecule has 1 aliphatic rings. The van der Waals surface area contributed by atoms with Crippen LogP contribution in [0.5, 0.6) is 0 Å². The Bertz CT molecular complexity index is 1060. The topological polar surface area (TPSA) is 95.6 Å². The highest BCUT2D eigenvalue weighted by molar-refractivity contribution is 7.92. The van der Waals surface area contributed by atoms with Gasteiger partial charge in [0.25, 0.3) is 0 Å². The molecule has 2 N–H and O–H groups in total. The molecule has 0 aliphatic carbocycles. The molecule has 3 rings (SSSR count). The van der Waals surface area contributed by atoms with E-state index in [-0.39, 0.29) is 23.5 Å². The molecule has 0 fully saturated rings. The second kappa shape index (κ2) is 10.2. The molecular weight excluding hydrogens is 426 g/mol. The number of carbonyl (C=O) groups is 2. The first kappa shape index (κ1) is 23.8. The van der Waals surface area contributed by atoms with E-state index in [1.807, 2.05) is 38.1 Å². The first-order chi connectivity index (χ1) is 15.2. The minimum absolute atomic E-state index is 0.0321. The fourth-order valence-electron chi connectivity index (χ4n) is 3.83. The lowest BCUT2D eigenvalue weighted by molar-refractivity contribution is -0.140. The molecule has 2 amide bonds. The van der Waals surface area contributed by atoms with Crippen molar-refractivity contribution in [2.24, 2.45) is 5.92 Å². The summed E-state index contributed by atoms with van der Waals surface area (Å²) in [6.45, 7) is 6.19. The number of nitrogens with one attached hydrogen (secondary N) is 2. The van der Waals surface area contributed by atoms with Crippen LogP contribution in [0.25, 0.3) is 0 Å². The van der Waals surface area contributed by atoms with Gasteiger partial charge in [0.05, 0.1) is 5.75 Å². The van der Waals surface area contributed by atoms with Gasteiger partial charge in [-0.1, -0.05) is 45.0 Å². The largest absolute Gasteiger partial charge is 0.326 e. The molecule has 172 valence electrons. The second-order valence-corrected chi connectivity index (χ2v) is 10.4. The molecule has 32 heavy (non-hydrogen) atoms. The Morgan fingerprint density at radius 2 is 1.66 bits per heavy atom. The number of anilines is 2. The van der Waals surface area contributed by atoms with E-state index in [1.165, 1.54) is 0 Å². The van der Waals surface area contributed by atoms with Gasteiger partial charge >= 0.3 is 0 Å². The monoisotopic (exact) mass is 457 g/mol. The molecule has 1 heterocycles. The van der Waals surface area contributed by atoms with Crippen molar-refractivity contribution in [2.45, 2.75) is 52.6 Å². The van der Waals surface area contributed by atoms with Gasteiger partial charge in [0.15, 0.2) is 0 Å². The van der Waals surface area contributed by atoms with E-state index in [0.29, 0.717) is 37.2 Å². The van der Waals surface area contributed by atoms with Gasteiger partial charge in [-0.15, -0.1) is 0 Å². The lowest BCUT2D eigenvalue weighted by Gasteiger charge is -2.36. The average molecular weight is 458 g/mol. The van der Waals surface area contributed by atoms with Gasteiger partial charge in [-0.2, -0.15) is 0 Å². The fourth-order valence-corrected chi connectivity index (χ4v) is 4.97. The summed E-state index contributed by atoms with van der Waals surface area (Å²) < 4.78 is 26.4. The van der Waals surface area contributed by atoms with Gasteiger partial charge in [-0.05, 0) is 47.7 Å². The summed E-state index contributed by atoms with van der Waals surface area (Å²) >= 11 is 0. The van der Waals surface area contributed by atoms with Crippen LogP contribution in [-0.2, 0) is 32.6 Å². The summed E-state index contributed by atoms with van der Waals surface area (Å²) in [5.74, 6) is -0.0341. The van der Waals surface area contributed by atoms with E-state index in [1.54, 1.807) is 36.1 Å². The van der Waals surface area contributed by atoms with Gasteiger partial charge in [0.1, 0.15) is 6.04 Å². The Morgan fingerprint density at radius 3 is 2.28 bits per heavy atom. The smallest absolute Gasteiger partial charge is 0.247 e. The third kappa shape index (κ3) is 6.09. The second-order valence-electron chi connectivity index (χ2n) is 8.60. The molecule has 0 aromatic heterocycles. The van der Waals surface area contributed by atoms with E-state index >= 15 is 0 Å². The van der Waals surface area contributed by atoms with Crippen LogP contribution in [0.4, 0.5) is 11.4 Å². The zero-order valence-corrected chi connectivity index (χ0v) is 19.6. The van der Waals surface area contributed by atoms with Gasteiger partial charge < -0.3 is 10.2 Å². The van der Waals surface area contributed by atoms with Gasteiger partial charge in [0.2, 0.25) is 21.8 Å². The maximum atomic E-state index is 13.2. The molecule has 0 spiro atoms. The highest BCUT2D eigenvalue weighted by Gasteiger charge is 2.34. The quantitative estimate of drug-likeness (QED) is 0.631. The third-order valence-electron chi connectivity index (χ3n) is 5.35. The van der Waals surface area contributed by atoms with Crippen molar-refractivity contribution < 1.29 is 18.0 Å². The number of nitrogens with zero attached hydrogens (tertiary/aromatic N) is 1. The zero-order chi connectivity index (χ0) is 23.3. The molecule has 0 saturated heterocycles. The molecule has 2 aromatic carbocycles. The first-order valence-corrected chi connectivity index (χ1v) is 12.6. The van der Waals surface area contributed by atoms with Crippen molar-refractivity contribution in [1.29, 1.82) is 0 Å². The minimum atomic E-state index is -3.37. The Balaban J connectivity index is 1.75. The van der Waals surface area contributed by atoms with Crippen molar-refractivity contribution in [1.82, 2.24) is 4.90 Å². The maximum absolute atomic E-state index is 13.2. The summed E-state index contributed by atoms with van der Waals surface area (Å²) in [6.07, 6.45) is 1.37. The minimum Gasteiger partial charge on any atom is -0.326 e. The SMILES string of the molecule is CCCS(=O)(=O)Nc1ccc(NC(=O)C2Cc3ccccc3CN2C(=O)CC(C)C)cc1. The highest BCUT2D eigenvalue weighted by atomic mass is 32.2. The summed E-state index contributed by atoms with van der Waals surface area (Å²) in [4.78, 5) is 27.7. The van der Waals surface area contributed by atoms with E-state index in [4.69, 9.17) is 0 Å². The Labute approximate surface area is 190 Å². The van der Waals surface area contributed by atoms with Crippen LogP contribution < -0.4 is 10.0 Å². The first-order valence-electron chi connectivity index (χ1n) is 11.0. The van der Waals surface area contributed by atoms with E-state index in [0.717, 1.165) is 11.1 Å². The lowest BCUT2D eigenvalue weighted by atomic mass is 9.92. The highest BCUT2D eigenvalue weighted by Crippen LogP contribution is 2.26. The van der Waals surface area contributed by atoms with Crippen LogP contribution in [0.15, 0.2) is 48.5 Å². The van der Waals surface area contributed by atoms with E-state index < -0.39 is 16.1 Å². The molecule has 0 radical (unpaired) electrons. The molecule has 1 atom stereocenters. The molecule has 8 heteroatoms. The summed E-state index contributed by atoms with van der Waals surface area (Å²) in [5.41, 5.74) is 3.12.